The van der Waals surface area contributed by atoms with E-state index in [0.717, 1.165) is 47.4 Å². The van der Waals surface area contributed by atoms with Crippen molar-refractivity contribution in [2.75, 3.05) is 31.5 Å². The molecule has 0 fully saturated rings. The lowest BCUT2D eigenvalue weighted by Gasteiger charge is -2.18. The van der Waals surface area contributed by atoms with Gasteiger partial charge in [0.2, 0.25) is 5.95 Å². The van der Waals surface area contributed by atoms with E-state index in [9.17, 15) is 5.11 Å². The Bertz CT molecular complexity index is 1010. The van der Waals surface area contributed by atoms with Gasteiger partial charge < -0.3 is 25.2 Å². The Labute approximate surface area is 183 Å². The summed E-state index contributed by atoms with van der Waals surface area (Å²) in [7, 11) is 3.26. The molecule has 1 atom stereocenters. The molecule has 0 saturated carbocycles. The molecule has 8 heteroatoms. The molecule has 3 aromatic rings. The van der Waals surface area contributed by atoms with Crippen LogP contribution in [0.2, 0.25) is 0 Å². The van der Waals surface area contributed by atoms with Crippen LogP contribution in [0.15, 0.2) is 30.5 Å². The number of pyridine rings is 1. The van der Waals surface area contributed by atoms with Crippen LogP contribution < -0.4 is 20.1 Å². The first-order chi connectivity index (χ1) is 15.1. The highest BCUT2D eigenvalue weighted by atomic mass is 16.5. The molecule has 0 unspecified atom stereocenters. The van der Waals surface area contributed by atoms with Gasteiger partial charge in [-0.15, -0.1) is 0 Å². The number of benzene rings is 1. The number of unbranched alkanes of at least 4 members (excludes halogenated alkanes) is 1. The first-order valence-electron chi connectivity index (χ1n) is 10.5. The van der Waals surface area contributed by atoms with Crippen molar-refractivity contribution in [3.8, 4) is 11.5 Å². The van der Waals surface area contributed by atoms with Gasteiger partial charge in [0.15, 0.2) is 5.82 Å². The molecule has 31 heavy (non-hydrogen) atoms. The summed E-state index contributed by atoms with van der Waals surface area (Å²) in [4.78, 5) is 13.8. The van der Waals surface area contributed by atoms with Crippen LogP contribution in [0.25, 0.3) is 11.0 Å². The molecule has 2 heterocycles. The van der Waals surface area contributed by atoms with Crippen molar-refractivity contribution in [3.05, 3.63) is 41.6 Å². The number of aromatic nitrogens is 3. The number of nitrogens with one attached hydrogen (secondary N) is 2. The molecular weight excluding hydrogens is 394 g/mol. The first kappa shape index (κ1) is 22.6. The van der Waals surface area contributed by atoms with Gasteiger partial charge in [0, 0.05) is 24.4 Å². The van der Waals surface area contributed by atoms with Gasteiger partial charge in [-0.25, -0.2) is 4.98 Å². The first-order valence-corrected chi connectivity index (χ1v) is 10.5. The minimum atomic E-state index is -0.0873. The van der Waals surface area contributed by atoms with E-state index in [2.05, 4.69) is 32.5 Å². The van der Waals surface area contributed by atoms with E-state index in [1.165, 1.54) is 0 Å². The zero-order valence-electron chi connectivity index (χ0n) is 18.6. The number of anilines is 2. The number of nitrogens with zero attached hydrogens (tertiary/aromatic N) is 3. The summed E-state index contributed by atoms with van der Waals surface area (Å²) in [6, 6.07) is 7.58. The van der Waals surface area contributed by atoms with E-state index in [1.807, 2.05) is 31.2 Å². The van der Waals surface area contributed by atoms with E-state index in [4.69, 9.17) is 9.47 Å². The molecule has 0 aliphatic rings. The molecule has 166 valence electrons. The molecule has 0 spiro atoms. The van der Waals surface area contributed by atoms with Gasteiger partial charge in [0.05, 0.1) is 32.4 Å². The van der Waals surface area contributed by atoms with Crippen molar-refractivity contribution in [2.45, 2.75) is 45.7 Å². The molecule has 8 nitrogen and oxygen atoms in total. The van der Waals surface area contributed by atoms with Crippen molar-refractivity contribution in [2.24, 2.45) is 0 Å². The fraction of sp³-hybridized carbons (Fsp3) is 0.435. The van der Waals surface area contributed by atoms with Gasteiger partial charge in [-0.05, 0) is 37.1 Å². The highest BCUT2D eigenvalue weighted by Gasteiger charge is 2.14. The smallest absolute Gasteiger partial charge is 0.225 e. The monoisotopic (exact) mass is 425 g/mol. The lowest BCUT2D eigenvalue weighted by atomic mass is 10.1. The van der Waals surface area contributed by atoms with Crippen LogP contribution in [0.4, 0.5) is 11.8 Å². The van der Waals surface area contributed by atoms with E-state index in [-0.39, 0.29) is 12.6 Å². The molecular formula is C23H31N5O3. The largest absolute Gasteiger partial charge is 0.497 e. The summed E-state index contributed by atoms with van der Waals surface area (Å²) in [5.41, 5.74) is 3.41. The quantitative estimate of drug-likeness (QED) is 0.425. The second kappa shape index (κ2) is 10.8. The van der Waals surface area contributed by atoms with Gasteiger partial charge in [-0.1, -0.05) is 19.8 Å². The Morgan fingerprint density at radius 1 is 1.13 bits per heavy atom. The standard InChI is InChI=1S/C23H31N5O3/c1-5-6-7-17(14-29)26-22-21-19(10-15(2)12-24-21)27-23(28-22)25-13-16-8-9-18(30-3)11-20(16)31-4/h8-12,17,29H,5-7,13-14H2,1-4H3,(H2,25,26,27,28)/t17-/m1/s1. The molecule has 3 rings (SSSR count). The Kier molecular flexibility index (Phi) is 7.83. The van der Waals surface area contributed by atoms with E-state index >= 15 is 0 Å². The average molecular weight is 426 g/mol. The number of aliphatic hydroxyl groups is 1. The Hall–Kier alpha value is -3.13. The van der Waals surface area contributed by atoms with Crippen molar-refractivity contribution >= 4 is 22.8 Å². The summed E-state index contributed by atoms with van der Waals surface area (Å²) < 4.78 is 10.7. The van der Waals surface area contributed by atoms with Crippen LogP contribution >= 0.6 is 0 Å². The molecule has 0 saturated heterocycles. The van der Waals surface area contributed by atoms with E-state index in [0.29, 0.717) is 23.8 Å². The van der Waals surface area contributed by atoms with Crippen molar-refractivity contribution < 1.29 is 14.6 Å². The Morgan fingerprint density at radius 2 is 1.97 bits per heavy atom. The number of aliphatic hydroxyl groups excluding tert-OH is 1. The second-order valence-electron chi connectivity index (χ2n) is 7.47. The molecule has 0 radical (unpaired) electrons. The van der Waals surface area contributed by atoms with Crippen LogP contribution in [0.5, 0.6) is 11.5 Å². The van der Waals surface area contributed by atoms with Gasteiger partial charge in [0.25, 0.3) is 0 Å². The predicted molar refractivity (Wildman–Crippen MR) is 123 cm³/mol. The third-order valence-electron chi connectivity index (χ3n) is 5.07. The van der Waals surface area contributed by atoms with Crippen LogP contribution in [0.1, 0.15) is 37.3 Å². The SMILES string of the molecule is CCCC[C@H](CO)Nc1nc(NCc2ccc(OC)cc2OC)nc2cc(C)cnc12. The van der Waals surface area contributed by atoms with Crippen LogP contribution in [0, 0.1) is 6.92 Å². The molecule has 2 aromatic heterocycles. The van der Waals surface area contributed by atoms with Crippen LogP contribution in [-0.4, -0.2) is 46.9 Å². The maximum absolute atomic E-state index is 9.79. The number of hydrogen-bond donors (Lipinski definition) is 3. The lowest BCUT2D eigenvalue weighted by molar-refractivity contribution is 0.267. The van der Waals surface area contributed by atoms with Crippen LogP contribution in [0.3, 0.4) is 0 Å². The summed E-state index contributed by atoms with van der Waals surface area (Å²) in [5.74, 6) is 2.55. The number of aryl methyl sites for hydroxylation is 1. The zero-order chi connectivity index (χ0) is 22.2. The summed E-state index contributed by atoms with van der Waals surface area (Å²) in [5, 5.41) is 16.4. The summed E-state index contributed by atoms with van der Waals surface area (Å²) in [6.07, 6.45) is 4.75. The minimum absolute atomic E-state index is 0.0309. The van der Waals surface area contributed by atoms with E-state index in [1.54, 1.807) is 20.4 Å². The van der Waals surface area contributed by atoms with Gasteiger partial charge in [0.1, 0.15) is 17.0 Å². The Morgan fingerprint density at radius 3 is 2.68 bits per heavy atom. The topological polar surface area (TPSA) is 101 Å². The van der Waals surface area contributed by atoms with Gasteiger partial charge in [-0.3, -0.25) is 4.98 Å². The maximum Gasteiger partial charge on any atom is 0.225 e. The fourth-order valence-electron chi connectivity index (χ4n) is 3.32. The van der Waals surface area contributed by atoms with Crippen molar-refractivity contribution in [1.82, 2.24) is 15.0 Å². The van der Waals surface area contributed by atoms with Crippen molar-refractivity contribution in [1.29, 1.82) is 0 Å². The number of fused-ring (bicyclic) bond motifs is 1. The normalized spacial score (nSPS) is 11.9. The number of hydrogen-bond acceptors (Lipinski definition) is 8. The van der Waals surface area contributed by atoms with Gasteiger partial charge >= 0.3 is 0 Å². The second-order valence-corrected chi connectivity index (χ2v) is 7.47. The zero-order valence-corrected chi connectivity index (χ0v) is 18.6. The predicted octanol–water partition coefficient (Wildman–Crippen LogP) is 3.93. The highest BCUT2D eigenvalue weighted by molar-refractivity contribution is 5.86. The fourth-order valence-corrected chi connectivity index (χ4v) is 3.32. The molecule has 0 aliphatic carbocycles. The molecule has 0 amide bonds. The Balaban J connectivity index is 1.88. The number of methoxy groups -OCH3 is 2. The van der Waals surface area contributed by atoms with Crippen LogP contribution in [-0.2, 0) is 6.54 Å². The third-order valence-corrected chi connectivity index (χ3v) is 5.07. The highest BCUT2D eigenvalue weighted by Crippen LogP contribution is 2.26. The summed E-state index contributed by atoms with van der Waals surface area (Å²) >= 11 is 0. The lowest BCUT2D eigenvalue weighted by Crippen LogP contribution is -2.25. The molecule has 3 N–H and O–H groups in total. The molecule has 1 aromatic carbocycles. The number of rotatable bonds is 11. The average Bonchev–Trinajstić information content (AvgIpc) is 2.79. The molecule has 0 aliphatic heterocycles. The van der Waals surface area contributed by atoms with Gasteiger partial charge in [-0.2, -0.15) is 4.98 Å². The number of ether oxygens (including phenoxy) is 2. The van der Waals surface area contributed by atoms with E-state index < -0.39 is 0 Å². The maximum atomic E-state index is 9.79. The summed E-state index contributed by atoms with van der Waals surface area (Å²) in [6.45, 7) is 4.63. The minimum Gasteiger partial charge on any atom is -0.497 e. The van der Waals surface area contributed by atoms with Crippen molar-refractivity contribution in [3.63, 3.8) is 0 Å². The molecule has 0 bridgehead atoms. The third kappa shape index (κ3) is 5.73.